The predicted molar refractivity (Wildman–Crippen MR) is 124 cm³/mol. The molecule has 3 aromatic rings. The zero-order chi connectivity index (χ0) is 22.3. The molecule has 4 rings (SSSR count). The van der Waals surface area contributed by atoms with Crippen LogP contribution in [0.3, 0.4) is 0 Å². The van der Waals surface area contributed by atoms with Gasteiger partial charge in [0.2, 0.25) is 5.91 Å². The van der Waals surface area contributed by atoms with Gasteiger partial charge in [0, 0.05) is 6.54 Å². The van der Waals surface area contributed by atoms with Gasteiger partial charge in [-0.05, 0) is 40.8 Å². The van der Waals surface area contributed by atoms with Crippen LogP contribution in [0.4, 0.5) is 0 Å². The summed E-state index contributed by atoms with van der Waals surface area (Å²) in [6.07, 6.45) is 1.12. The topological polar surface area (TPSA) is 48.0 Å². The monoisotopic (exact) mass is 431 g/mol. The van der Waals surface area contributed by atoms with E-state index in [0.29, 0.717) is 37.7 Å². The lowest BCUT2D eigenvalue weighted by atomic mass is 9.87. The zero-order valence-corrected chi connectivity index (χ0v) is 18.6. The van der Waals surface area contributed by atoms with Gasteiger partial charge in [-0.15, -0.1) is 0 Å². The Kier molecular flexibility index (Phi) is 7.07. The van der Waals surface area contributed by atoms with Crippen LogP contribution in [-0.2, 0) is 22.6 Å². The van der Waals surface area contributed by atoms with Gasteiger partial charge in [-0.2, -0.15) is 0 Å². The van der Waals surface area contributed by atoms with Crippen molar-refractivity contribution in [1.82, 2.24) is 4.90 Å². The summed E-state index contributed by atoms with van der Waals surface area (Å²) in [7, 11) is 3.28. The maximum absolute atomic E-state index is 13.3. The van der Waals surface area contributed by atoms with Gasteiger partial charge in [0.05, 0.1) is 39.9 Å². The second-order valence-electron chi connectivity index (χ2n) is 7.84. The number of benzene rings is 3. The van der Waals surface area contributed by atoms with Gasteiger partial charge in [-0.3, -0.25) is 4.79 Å². The lowest BCUT2D eigenvalue weighted by Gasteiger charge is -2.38. The van der Waals surface area contributed by atoms with E-state index >= 15 is 0 Å². The van der Waals surface area contributed by atoms with E-state index in [9.17, 15) is 4.79 Å². The van der Waals surface area contributed by atoms with Gasteiger partial charge in [0.25, 0.3) is 0 Å². The number of carbonyl (C=O) groups is 1. The van der Waals surface area contributed by atoms with E-state index in [1.807, 2.05) is 65.6 Å². The second kappa shape index (κ2) is 10.3. The minimum atomic E-state index is -0.165. The van der Waals surface area contributed by atoms with E-state index in [1.165, 1.54) is 5.56 Å². The van der Waals surface area contributed by atoms with E-state index in [4.69, 9.17) is 14.2 Å². The summed E-state index contributed by atoms with van der Waals surface area (Å²) in [6.45, 7) is 1.56. The molecule has 1 atom stereocenters. The molecular formula is C27H29NO4. The van der Waals surface area contributed by atoms with Gasteiger partial charge in [0.1, 0.15) is 0 Å². The van der Waals surface area contributed by atoms with Gasteiger partial charge in [-0.1, -0.05) is 60.7 Å². The first-order valence-electron chi connectivity index (χ1n) is 10.9. The van der Waals surface area contributed by atoms with Crippen molar-refractivity contribution in [3.8, 4) is 11.5 Å². The highest BCUT2D eigenvalue weighted by Gasteiger charge is 2.33. The first-order chi connectivity index (χ1) is 15.7. The summed E-state index contributed by atoms with van der Waals surface area (Å²) in [5.74, 6) is 1.48. The Morgan fingerprint density at radius 1 is 0.938 bits per heavy atom. The number of nitrogens with zero attached hydrogens (tertiary/aromatic N) is 1. The molecule has 5 heteroatoms. The number of carbonyl (C=O) groups excluding carboxylic acids is 1. The van der Waals surface area contributed by atoms with Gasteiger partial charge < -0.3 is 19.1 Å². The Balaban J connectivity index is 1.54. The Hall–Kier alpha value is -3.31. The summed E-state index contributed by atoms with van der Waals surface area (Å²) >= 11 is 0. The summed E-state index contributed by atoms with van der Waals surface area (Å²) in [5, 5.41) is 0. The Bertz CT molecular complexity index is 1040. The minimum absolute atomic E-state index is 0.0901. The van der Waals surface area contributed by atoms with Crippen LogP contribution in [0.1, 0.15) is 34.7 Å². The highest BCUT2D eigenvalue weighted by atomic mass is 16.5. The summed E-state index contributed by atoms with van der Waals surface area (Å²) in [5.41, 5.74) is 4.45. The molecule has 1 amide bonds. The Morgan fingerprint density at radius 2 is 1.59 bits per heavy atom. The first-order valence-corrected chi connectivity index (χ1v) is 10.9. The third-order valence-corrected chi connectivity index (χ3v) is 5.88. The molecule has 3 aromatic carbocycles. The van der Waals surface area contributed by atoms with E-state index in [-0.39, 0.29) is 11.9 Å². The number of fused-ring (bicyclic) bond motifs is 1. The standard InChI is InChI=1S/C27H29NO4/c1-30-24-17-22-13-15-28(26(29)14-16-32-19-20-9-5-3-6-10-20)27(21-11-7-4-8-12-21)23(22)18-25(24)31-2/h3-12,17-18,27H,13-16,19H2,1-2H3. The molecule has 32 heavy (non-hydrogen) atoms. The molecule has 1 unspecified atom stereocenters. The SMILES string of the molecule is COc1cc2c(cc1OC)C(c1ccccc1)N(C(=O)CCOCc1ccccc1)CC2. The number of hydrogen-bond acceptors (Lipinski definition) is 4. The lowest BCUT2D eigenvalue weighted by molar-refractivity contribution is -0.134. The highest BCUT2D eigenvalue weighted by molar-refractivity contribution is 5.78. The predicted octanol–water partition coefficient (Wildman–Crippen LogP) is 4.78. The number of rotatable bonds is 8. The summed E-state index contributed by atoms with van der Waals surface area (Å²) < 4.78 is 16.8. The molecule has 0 saturated heterocycles. The quantitative estimate of drug-likeness (QED) is 0.482. The number of hydrogen-bond donors (Lipinski definition) is 0. The normalized spacial score (nSPS) is 15.2. The van der Waals surface area contributed by atoms with Gasteiger partial charge >= 0.3 is 0 Å². The van der Waals surface area contributed by atoms with Crippen LogP contribution in [0.2, 0.25) is 0 Å². The van der Waals surface area contributed by atoms with Crippen LogP contribution in [0, 0.1) is 0 Å². The maximum atomic E-state index is 13.3. The van der Waals surface area contributed by atoms with Crippen LogP contribution in [0.15, 0.2) is 72.8 Å². The van der Waals surface area contributed by atoms with Crippen molar-refractivity contribution < 1.29 is 19.0 Å². The summed E-state index contributed by atoms with van der Waals surface area (Å²) in [6, 6.07) is 24.0. The molecule has 166 valence electrons. The Labute approximate surface area is 189 Å². The van der Waals surface area contributed by atoms with Crippen molar-refractivity contribution in [3.05, 3.63) is 95.1 Å². The highest BCUT2D eigenvalue weighted by Crippen LogP contribution is 2.41. The minimum Gasteiger partial charge on any atom is -0.493 e. The molecule has 0 aromatic heterocycles. The largest absolute Gasteiger partial charge is 0.493 e. The molecule has 0 aliphatic carbocycles. The van der Waals surface area contributed by atoms with E-state index in [1.54, 1.807) is 14.2 Å². The molecule has 1 aliphatic rings. The maximum Gasteiger partial charge on any atom is 0.225 e. The molecule has 0 N–H and O–H groups in total. The lowest BCUT2D eigenvalue weighted by Crippen LogP contribution is -2.41. The van der Waals surface area contributed by atoms with Gasteiger partial charge in [0.15, 0.2) is 11.5 Å². The number of ether oxygens (including phenoxy) is 3. The van der Waals surface area contributed by atoms with Crippen molar-refractivity contribution in [1.29, 1.82) is 0 Å². The van der Waals surface area contributed by atoms with Crippen LogP contribution >= 0.6 is 0 Å². The van der Waals surface area contributed by atoms with Crippen molar-refractivity contribution in [2.24, 2.45) is 0 Å². The van der Waals surface area contributed by atoms with Crippen molar-refractivity contribution in [2.45, 2.75) is 25.5 Å². The smallest absolute Gasteiger partial charge is 0.225 e. The van der Waals surface area contributed by atoms with E-state index in [2.05, 4.69) is 12.1 Å². The van der Waals surface area contributed by atoms with Crippen molar-refractivity contribution in [2.75, 3.05) is 27.4 Å². The molecule has 0 spiro atoms. The van der Waals surface area contributed by atoms with Crippen LogP contribution < -0.4 is 9.47 Å². The first kappa shape index (κ1) is 21.9. The molecule has 0 fully saturated rings. The van der Waals surface area contributed by atoms with Crippen molar-refractivity contribution >= 4 is 5.91 Å². The molecular weight excluding hydrogens is 402 g/mol. The molecule has 5 nitrogen and oxygen atoms in total. The number of methoxy groups -OCH3 is 2. The molecule has 0 bridgehead atoms. The molecule has 1 aliphatic heterocycles. The fourth-order valence-electron chi connectivity index (χ4n) is 4.28. The average molecular weight is 432 g/mol. The number of amides is 1. The van der Waals surface area contributed by atoms with Crippen LogP contribution in [0.25, 0.3) is 0 Å². The second-order valence-corrected chi connectivity index (χ2v) is 7.84. The van der Waals surface area contributed by atoms with Crippen LogP contribution in [-0.4, -0.2) is 38.2 Å². The van der Waals surface area contributed by atoms with E-state index < -0.39 is 0 Å². The third kappa shape index (κ3) is 4.78. The third-order valence-electron chi connectivity index (χ3n) is 5.88. The Morgan fingerprint density at radius 3 is 2.28 bits per heavy atom. The molecule has 0 saturated carbocycles. The van der Waals surface area contributed by atoms with Gasteiger partial charge in [-0.25, -0.2) is 0 Å². The fourth-order valence-corrected chi connectivity index (χ4v) is 4.28. The van der Waals surface area contributed by atoms with E-state index in [0.717, 1.165) is 23.1 Å². The molecule has 1 heterocycles. The van der Waals surface area contributed by atoms with Crippen LogP contribution in [0.5, 0.6) is 11.5 Å². The fraction of sp³-hybridized carbons (Fsp3) is 0.296. The molecule has 0 radical (unpaired) electrons. The van der Waals surface area contributed by atoms with Crippen molar-refractivity contribution in [3.63, 3.8) is 0 Å². The summed E-state index contributed by atoms with van der Waals surface area (Å²) in [4.78, 5) is 15.2. The zero-order valence-electron chi connectivity index (χ0n) is 18.6. The average Bonchev–Trinajstić information content (AvgIpc) is 2.86.